The van der Waals surface area contributed by atoms with E-state index < -0.39 is 15.9 Å². The Labute approximate surface area is 142 Å². The molecule has 0 radical (unpaired) electrons. The fourth-order valence-corrected chi connectivity index (χ4v) is 5.00. The van der Waals surface area contributed by atoms with Crippen LogP contribution in [0.5, 0.6) is 0 Å². The SMILES string of the molecule is Cc1cc(Br)c(S(=O)(=O)N(CC(N)=O)CC(C)C)cc1Br. The molecule has 0 aliphatic rings. The summed E-state index contributed by atoms with van der Waals surface area (Å²) >= 11 is 6.60. The molecule has 1 amide bonds. The van der Waals surface area contributed by atoms with E-state index >= 15 is 0 Å². The molecule has 0 atom stereocenters. The predicted molar refractivity (Wildman–Crippen MR) is 89.4 cm³/mol. The first-order valence-electron chi connectivity index (χ1n) is 6.29. The largest absolute Gasteiger partial charge is 0.369 e. The van der Waals surface area contributed by atoms with Gasteiger partial charge in [-0.2, -0.15) is 4.31 Å². The Balaban J connectivity index is 3.34. The Morgan fingerprint density at radius 3 is 2.33 bits per heavy atom. The summed E-state index contributed by atoms with van der Waals surface area (Å²) in [6.07, 6.45) is 0. The highest BCUT2D eigenvalue weighted by Gasteiger charge is 2.29. The molecule has 2 N–H and O–H groups in total. The Hall–Kier alpha value is -0.440. The first-order chi connectivity index (χ1) is 9.55. The van der Waals surface area contributed by atoms with Crippen LogP contribution in [0.15, 0.2) is 26.0 Å². The van der Waals surface area contributed by atoms with E-state index in [1.165, 1.54) is 6.07 Å². The van der Waals surface area contributed by atoms with E-state index in [1.807, 2.05) is 20.8 Å². The van der Waals surface area contributed by atoms with Crippen molar-refractivity contribution in [1.82, 2.24) is 4.31 Å². The van der Waals surface area contributed by atoms with Gasteiger partial charge in [-0.1, -0.05) is 29.8 Å². The van der Waals surface area contributed by atoms with E-state index in [2.05, 4.69) is 31.9 Å². The number of nitrogens with two attached hydrogens (primary N) is 1. The van der Waals surface area contributed by atoms with Crippen molar-refractivity contribution in [2.75, 3.05) is 13.1 Å². The molecule has 0 saturated carbocycles. The minimum Gasteiger partial charge on any atom is -0.369 e. The van der Waals surface area contributed by atoms with Crippen molar-refractivity contribution < 1.29 is 13.2 Å². The summed E-state index contributed by atoms with van der Waals surface area (Å²) in [7, 11) is -3.81. The number of aryl methyl sites for hydroxylation is 1. The van der Waals surface area contributed by atoms with Gasteiger partial charge in [-0.05, 0) is 46.5 Å². The highest BCUT2D eigenvalue weighted by atomic mass is 79.9. The second kappa shape index (κ2) is 7.21. The molecule has 0 aliphatic carbocycles. The molecule has 0 bridgehead atoms. The minimum absolute atomic E-state index is 0.0757. The van der Waals surface area contributed by atoms with E-state index in [9.17, 15) is 13.2 Å². The monoisotopic (exact) mass is 440 g/mol. The van der Waals surface area contributed by atoms with Crippen LogP contribution in [0.4, 0.5) is 0 Å². The zero-order chi connectivity index (χ0) is 16.4. The van der Waals surface area contributed by atoms with Crippen molar-refractivity contribution in [2.45, 2.75) is 25.7 Å². The van der Waals surface area contributed by atoms with Gasteiger partial charge in [-0.3, -0.25) is 4.79 Å². The number of carbonyl (C=O) groups is 1. The Bertz CT molecular complexity index is 645. The van der Waals surface area contributed by atoms with Gasteiger partial charge in [-0.15, -0.1) is 0 Å². The zero-order valence-corrected chi connectivity index (χ0v) is 16.0. The number of amides is 1. The Morgan fingerprint density at radius 2 is 1.86 bits per heavy atom. The first kappa shape index (κ1) is 18.6. The van der Waals surface area contributed by atoms with Gasteiger partial charge in [-0.25, -0.2) is 8.42 Å². The van der Waals surface area contributed by atoms with Gasteiger partial charge in [0.15, 0.2) is 0 Å². The van der Waals surface area contributed by atoms with Crippen molar-refractivity contribution in [1.29, 1.82) is 0 Å². The van der Waals surface area contributed by atoms with E-state index in [-0.39, 0.29) is 23.9 Å². The van der Waals surface area contributed by atoms with Crippen LogP contribution in [-0.2, 0) is 14.8 Å². The molecule has 1 aromatic carbocycles. The third kappa shape index (κ3) is 4.77. The van der Waals surface area contributed by atoms with Crippen LogP contribution in [0, 0.1) is 12.8 Å². The van der Waals surface area contributed by atoms with Crippen molar-refractivity contribution in [2.24, 2.45) is 11.7 Å². The number of nitrogens with zero attached hydrogens (tertiary/aromatic N) is 1. The third-order valence-electron chi connectivity index (χ3n) is 2.73. The normalized spacial score (nSPS) is 12.1. The summed E-state index contributed by atoms with van der Waals surface area (Å²) in [6, 6.07) is 3.25. The van der Waals surface area contributed by atoms with Gasteiger partial charge in [0, 0.05) is 15.5 Å². The van der Waals surface area contributed by atoms with E-state index in [0.29, 0.717) is 8.95 Å². The molecule has 1 aromatic rings. The number of hydrogen-bond acceptors (Lipinski definition) is 3. The summed E-state index contributed by atoms with van der Waals surface area (Å²) in [4.78, 5) is 11.3. The number of sulfonamides is 1. The minimum atomic E-state index is -3.81. The number of carbonyl (C=O) groups excluding carboxylic acids is 1. The zero-order valence-electron chi connectivity index (χ0n) is 12.1. The van der Waals surface area contributed by atoms with Gasteiger partial charge in [0.05, 0.1) is 11.4 Å². The molecule has 0 aromatic heterocycles. The number of primary amides is 1. The summed E-state index contributed by atoms with van der Waals surface area (Å²) in [5.74, 6) is -0.603. The molecule has 0 aliphatic heterocycles. The lowest BCUT2D eigenvalue weighted by Gasteiger charge is -2.23. The first-order valence-corrected chi connectivity index (χ1v) is 9.32. The molecule has 5 nitrogen and oxygen atoms in total. The van der Waals surface area contributed by atoms with E-state index in [0.717, 1.165) is 9.87 Å². The Morgan fingerprint density at radius 1 is 1.29 bits per heavy atom. The van der Waals surface area contributed by atoms with Crippen LogP contribution < -0.4 is 5.73 Å². The predicted octanol–water partition coefficient (Wildman–Crippen LogP) is 2.65. The van der Waals surface area contributed by atoms with Crippen LogP contribution in [0.2, 0.25) is 0 Å². The standard InChI is InChI=1S/C13H18Br2N2O3S/c1-8(2)6-17(7-13(16)18)21(19,20)12-5-10(14)9(3)4-11(12)15/h4-5,8H,6-7H2,1-3H3,(H2,16,18). The van der Waals surface area contributed by atoms with Gasteiger partial charge in [0.1, 0.15) is 0 Å². The van der Waals surface area contributed by atoms with Gasteiger partial charge in [0.25, 0.3) is 0 Å². The highest BCUT2D eigenvalue weighted by molar-refractivity contribution is 9.11. The molecule has 21 heavy (non-hydrogen) atoms. The highest BCUT2D eigenvalue weighted by Crippen LogP contribution is 2.31. The van der Waals surface area contributed by atoms with Crippen LogP contribution in [-0.4, -0.2) is 31.7 Å². The second-order valence-corrected chi connectivity index (χ2v) is 8.80. The molecule has 8 heteroatoms. The molecule has 0 saturated heterocycles. The molecular formula is C13H18Br2N2O3S. The lowest BCUT2D eigenvalue weighted by atomic mass is 10.2. The van der Waals surface area contributed by atoms with Crippen molar-refractivity contribution in [3.63, 3.8) is 0 Å². The smallest absolute Gasteiger partial charge is 0.244 e. The molecule has 0 unspecified atom stereocenters. The maximum atomic E-state index is 12.8. The maximum absolute atomic E-state index is 12.8. The average Bonchev–Trinajstić information content (AvgIpc) is 2.31. The van der Waals surface area contributed by atoms with Crippen LogP contribution in [0.1, 0.15) is 19.4 Å². The summed E-state index contributed by atoms with van der Waals surface area (Å²) in [6.45, 7) is 5.51. The maximum Gasteiger partial charge on any atom is 0.244 e. The summed E-state index contributed by atoms with van der Waals surface area (Å²) < 4.78 is 27.8. The second-order valence-electron chi connectivity index (χ2n) is 5.19. The number of rotatable bonds is 6. The van der Waals surface area contributed by atoms with Crippen molar-refractivity contribution in [3.8, 4) is 0 Å². The Kier molecular flexibility index (Phi) is 6.39. The molecule has 0 heterocycles. The molecule has 0 fully saturated rings. The van der Waals surface area contributed by atoms with E-state index in [4.69, 9.17) is 5.73 Å². The molecule has 0 spiro atoms. The topological polar surface area (TPSA) is 80.5 Å². The number of benzene rings is 1. The fourth-order valence-electron chi connectivity index (χ4n) is 1.79. The fraction of sp³-hybridized carbons (Fsp3) is 0.462. The molecular weight excluding hydrogens is 424 g/mol. The van der Waals surface area contributed by atoms with Crippen molar-refractivity contribution in [3.05, 3.63) is 26.6 Å². The van der Waals surface area contributed by atoms with Crippen LogP contribution in [0.3, 0.4) is 0 Å². The average molecular weight is 442 g/mol. The third-order valence-corrected chi connectivity index (χ3v) is 6.36. The lowest BCUT2D eigenvalue weighted by Crippen LogP contribution is -2.40. The molecule has 1 rings (SSSR count). The molecule has 118 valence electrons. The lowest BCUT2D eigenvalue weighted by molar-refractivity contribution is -0.118. The van der Waals surface area contributed by atoms with Gasteiger partial charge >= 0.3 is 0 Å². The summed E-state index contributed by atoms with van der Waals surface area (Å²) in [5.41, 5.74) is 6.08. The number of hydrogen-bond donors (Lipinski definition) is 1. The van der Waals surface area contributed by atoms with Crippen molar-refractivity contribution >= 4 is 47.8 Å². The van der Waals surface area contributed by atoms with Crippen LogP contribution in [0.25, 0.3) is 0 Å². The van der Waals surface area contributed by atoms with Gasteiger partial charge in [0.2, 0.25) is 15.9 Å². The quantitative estimate of drug-likeness (QED) is 0.736. The number of halogens is 2. The summed E-state index contributed by atoms with van der Waals surface area (Å²) in [5, 5.41) is 0. The van der Waals surface area contributed by atoms with Crippen LogP contribution >= 0.6 is 31.9 Å². The van der Waals surface area contributed by atoms with E-state index in [1.54, 1.807) is 6.07 Å². The van der Waals surface area contributed by atoms with Gasteiger partial charge < -0.3 is 5.73 Å².